The average molecular weight is 240 g/mol. The molecule has 1 saturated heterocycles. The highest BCUT2D eigenvalue weighted by Crippen LogP contribution is 2.43. The molecule has 5 nitrogen and oxygen atoms in total. The van der Waals surface area contributed by atoms with Gasteiger partial charge in [0.05, 0.1) is 6.61 Å². The first kappa shape index (κ1) is 12.5. The van der Waals surface area contributed by atoms with Gasteiger partial charge >= 0.3 is 0 Å². The number of hydrogen-bond acceptors (Lipinski definition) is 5. The Morgan fingerprint density at radius 1 is 1.29 bits per heavy atom. The number of aryl methyl sites for hydroxylation is 1. The van der Waals surface area contributed by atoms with Crippen LogP contribution in [0.3, 0.4) is 0 Å². The molecule has 1 heterocycles. The third-order valence-electron chi connectivity index (χ3n) is 2.96. The molecule has 94 valence electrons. The summed E-state index contributed by atoms with van der Waals surface area (Å²) in [4.78, 5) is 14.6. The maximum atomic E-state index is 9.20. The zero-order valence-corrected chi connectivity index (χ0v) is 9.84. The minimum absolute atomic E-state index is 0.204. The van der Waals surface area contributed by atoms with E-state index in [4.69, 9.17) is 15.0 Å². The minimum atomic E-state index is -1.37. The molecule has 17 heavy (non-hydrogen) atoms. The van der Waals surface area contributed by atoms with Gasteiger partial charge in [0.15, 0.2) is 0 Å². The first-order valence-corrected chi connectivity index (χ1v) is 5.41. The van der Waals surface area contributed by atoms with E-state index in [9.17, 15) is 5.11 Å². The summed E-state index contributed by atoms with van der Waals surface area (Å²) in [7, 11) is 0. The maximum absolute atomic E-state index is 9.20. The molecule has 2 N–H and O–H groups in total. The van der Waals surface area contributed by atoms with Crippen LogP contribution in [0.25, 0.3) is 0 Å². The van der Waals surface area contributed by atoms with E-state index < -0.39 is 11.4 Å². The first-order chi connectivity index (χ1) is 8.03. The zero-order chi connectivity index (χ0) is 12.5. The minimum Gasteiger partial charge on any atom is -0.393 e. The summed E-state index contributed by atoms with van der Waals surface area (Å²) >= 11 is 0. The van der Waals surface area contributed by atoms with E-state index in [-0.39, 0.29) is 13.0 Å². The second-order valence-electron chi connectivity index (χ2n) is 4.66. The van der Waals surface area contributed by atoms with Crippen molar-refractivity contribution in [2.75, 3.05) is 6.61 Å². The Hall–Kier alpha value is -0.980. The number of aliphatic hydroxyl groups excluding tert-OH is 1. The highest BCUT2D eigenvalue weighted by Gasteiger charge is 2.52. The van der Waals surface area contributed by atoms with Crippen molar-refractivity contribution in [2.45, 2.75) is 31.7 Å². The first-order valence-electron chi connectivity index (χ1n) is 5.41. The lowest BCUT2D eigenvalue weighted by molar-refractivity contribution is -0.480. The molecule has 0 amide bonds. The molecule has 2 rings (SSSR count). The monoisotopic (exact) mass is 240 g/mol. The molecule has 0 bridgehead atoms. The summed E-state index contributed by atoms with van der Waals surface area (Å²) in [5, 5.41) is 18.3. The third-order valence-corrected chi connectivity index (χ3v) is 2.96. The predicted molar refractivity (Wildman–Crippen MR) is 58.8 cm³/mol. The van der Waals surface area contributed by atoms with Crippen molar-refractivity contribution in [3.8, 4) is 0 Å². The van der Waals surface area contributed by atoms with E-state index in [2.05, 4.69) is 4.89 Å². The predicted octanol–water partition coefficient (Wildman–Crippen LogP) is 1.74. The fourth-order valence-corrected chi connectivity index (χ4v) is 1.86. The van der Waals surface area contributed by atoms with E-state index in [0.29, 0.717) is 5.56 Å². The highest BCUT2D eigenvalue weighted by atomic mass is 17.3. The van der Waals surface area contributed by atoms with Gasteiger partial charge in [0.1, 0.15) is 5.60 Å². The van der Waals surface area contributed by atoms with Crippen LogP contribution in [0, 0.1) is 6.92 Å². The van der Waals surface area contributed by atoms with Gasteiger partial charge in [-0.1, -0.05) is 29.8 Å². The van der Waals surface area contributed by atoms with Crippen LogP contribution < -0.4 is 0 Å². The van der Waals surface area contributed by atoms with Gasteiger partial charge in [0.2, 0.25) is 0 Å². The van der Waals surface area contributed by atoms with Gasteiger partial charge in [-0.15, -0.1) is 0 Å². The lowest BCUT2D eigenvalue weighted by atomic mass is 9.92. The van der Waals surface area contributed by atoms with Gasteiger partial charge in [0, 0.05) is 12.0 Å². The van der Waals surface area contributed by atoms with Crippen LogP contribution in [-0.4, -0.2) is 22.6 Å². The molecule has 1 aliphatic heterocycles. The normalized spacial score (nSPS) is 32.9. The largest absolute Gasteiger partial charge is 0.393 e. The van der Waals surface area contributed by atoms with Crippen molar-refractivity contribution in [3.05, 3.63) is 35.4 Å². The quantitative estimate of drug-likeness (QED) is 0.622. The topological polar surface area (TPSA) is 68.2 Å². The smallest absolute Gasteiger partial charge is 0.261 e. The van der Waals surface area contributed by atoms with Gasteiger partial charge < -0.3 is 5.11 Å². The Bertz CT molecular complexity index is 390. The molecule has 0 aliphatic carbocycles. The standard InChI is InChI=1S/C12H16O5/c1-9-3-5-10(6-4-9)12(15-14)7-11(2,8-13)16-17-12/h3-6,13-14H,7-8H2,1-2H3/t11-,12-/m1/s1. The van der Waals surface area contributed by atoms with E-state index in [1.54, 1.807) is 19.1 Å². The van der Waals surface area contributed by atoms with Crippen molar-refractivity contribution in [2.24, 2.45) is 0 Å². The van der Waals surface area contributed by atoms with Crippen LogP contribution in [-0.2, 0) is 20.4 Å². The molecule has 1 fully saturated rings. The Balaban J connectivity index is 2.30. The molecule has 1 aromatic rings. The molecule has 0 saturated carbocycles. The third kappa shape index (κ3) is 2.20. The Kier molecular flexibility index (Phi) is 3.20. The number of rotatable bonds is 3. The van der Waals surface area contributed by atoms with E-state index in [1.807, 2.05) is 19.1 Å². The van der Waals surface area contributed by atoms with E-state index in [0.717, 1.165) is 5.56 Å². The van der Waals surface area contributed by atoms with Crippen LogP contribution >= 0.6 is 0 Å². The summed E-state index contributed by atoms with van der Waals surface area (Å²) in [6.07, 6.45) is 0.204. The number of benzene rings is 1. The summed E-state index contributed by atoms with van der Waals surface area (Å²) in [6.45, 7) is 3.42. The van der Waals surface area contributed by atoms with Crippen molar-refractivity contribution >= 4 is 0 Å². The van der Waals surface area contributed by atoms with Gasteiger partial charge in [-0.05, 0) is 13.8 Å². The fraction of sp³-hybridized carbons (Fsp3) is 0.500. The SMILES string of the molecule is Cc1ccc([C@@]2(OO)C[C@](C)(CO)OO2)cc1. The van der Waals surface area contributed by atoms with Crippen molar-refractivity contribution in [3.63, 3.8) is 0 Å². The summed E-state index contributed by atoms with van der Waals surface area (Å²) in [5.41, 5.74) is 0.849. The van der Waals surface area contributed by atoms with Crippen molar-refractivity contribution in [1.82, 2.24) is 0 Å². The van der Waals surface area contributed by atoms with Crippen molar-refractivity contribution in [1.29, 1.82) is 0 Å². The zero-order valence-electron chi connectivity index (χ0n) is 9.84. The van der Waals surface area contributed by atoms with Crippen LogP contribution in [0.15, 0.2) is 24.3 Å². The average Bonchev–Trinajstić information content (AvgIpc) is 2.70. The molecule has 0 aromatic heterocycles. The number of hydrogen-bond donors (Lipinski definition) is 2. The highest BCUT2D eigenvalue weighted by molar-refractivity contribution is 5.26. The Morgan fingerprint density at radius 3 is 2.41 bits per heavy atom. The number of aliphatic hydroxyl groups is 1. The molecule has 1 aromatic carbocycles. The Morgan fingerprint density at radius 2 is 1.94 bits per heavy atom. The van der Waals surface area contributed by atoms with Crippen molar-refractivity contribution < 1.29 is 25.0 Å². The summed E-state index contributed by atoms with van der Waals surface area (Å²) in [5.74, 6) is -1.37. The van der Waals surface area contributed by atoms with E-state index >= 15 is 0 Å². The molecule has 1 aliphatic rings. The van der Waals surface area contributed by atoms with Crippen LogP contribution in [0.4, 0.5) is 0 Å². The molecule has 0 radical (unpaired) electrons. The van der Waals surface area contributed by atoms with Gasteiger partial charge in [-0.2, -0.15) is 9.78 Å². The second kappa shape index (κ2) is 4.36. The van der Waals surface area contributed by atoms with Gasteiger partial charge in [-0.3, -0.25) is 0 Å². The molecule has 0 unspecified atom stereocenters. The van der Waals surface area contributed by atoms with Crippen LogP contribution in [0.2, 0.25) is 0 Å². The van der Waals surface area contributed by atoms with Crippen LogP contribution in [0.1, 0.15) is 24.5 Å². The van der Waals surface area contributed by atoms with Crippen LogP contribution in [0.5, 0.6) is 0 Å². The molecular formula is C12H16O5. The van der Waals surface area contributed by atoms with E-state index in [1.165, 1.54) is 0 Å². The second-order valence-corrected chi connectivity index (χ2v) is 4.66. The van der Waals surface area contributed by atoms with Gasteiger partial charge in [-0.25, -0.2) is 10.1 Å². The summed E-state index contributed by atoms with van der Waals surface area (Å²) < 4.78 is 0. The maximum Gasteiger partial charge on any atom is 0.261 e. The summed E-state index contributed by atoms with van der Waals surface area (Å²) in [6, 6.07) is 7.35. The lowest BCUT2D eigenvalue weighted by Crippen LogP contribution is -2.33. The molecular weight excluding hydrogens is 224 g/mol. The molecule has 0 spiro atoms. The Labute approximate surface area is 99.4 Å². The molecule has 5 heteroatoms. The molecule has 2 atom stereocenters. The lowest BCUT2D eigenvalue weighted by Gasteiger charge is -2.23. The fourth-order valence-electron chi connectivity index (χ4n) is 1.86. The van der Waals surface area contributed by atoms with Gasteiger partial charge in [0.25, 0.3) is 5.79 Å².